The van der Waals surface area contributed by atoms with E-state index < -0.39 is 16.1 Å². The molecule has 0 radical (unpaired) electrons. The second kappa shape index (κ2) is 6.69. The topological polar surface area (TPSA) is 0 Å². The summed E-state index contributed by atoms with van der Waals surface area (Å²) in [6.45, 7) is 21.1. The van der Waals surface area contributed by atoms with Gasteiger partial charge >= 0.3 is 23.1 Å². The molecule has 0 rings (SSSR count). The van der Waals surface area contributed by atoms with Gasteiger partial charge in [-0.2, -0.15) is 0 Å². The summed E-state index contributed by atoms with van der Waals surface area (Å²) < 4.78 is 0. The first-order valence-electron chi connectivity index (χ1n) is 3.71. The summed E-state index contributed by atoms with van der Waals surface area (Å²) in [5.41, 5.74) is 0. The third-order valence-corrected chi connectivity index (χ3v) is 0. The molecule has 0 fully saturated rings. The quantitative estimate of drug-likeness (QED) is 0.415. The molecule has 11 heavy (non-hydrogen) atoms. The molecule has 0 aromatic rings. The zero-order valence-corrected chi connectivity index (χ0v) is 12.5. The Morgan fingerprint density at radius 3 is 0.636 bits per heavy atom. The average Bonchev–Trinajstić information content (AvgIpc) is 1.12. The summed E-state index contributed by atoms with van der Waals surface area (Å²) in [6, 6.07) is 0. The van der Waals surface area contributed by atoms with Crippen molar-refractivity contribution in [3.05, 3.63) is 13.1 Å². The molecule has 0 spiro atoms. The molecule has 0 saturated carbocycles. The van der Waals surface area contributed by atoms with E-state index in [1.807, 2.05) is 0 Å². The number of hydrogen-bond donors (Lipinski definition) is 0. The third-order valence-electron chi connectivity index (χ3n) is 0. The fourth-order valence-corrected chi connectivity index (χ4v) is 0. The molecule has 64 valence electrons. The van der Waals surface area contributed by atoms with Gasteiger partial charge in [0.1, 0.15) is 0 Å². The van der Waals surface area contributed by atoms with Crippen LogP contribution in [0, 0.1) is 13.1 Å². The molecular formula is C8H22MgSi2. The number of rotatable bonds is 0. The fraction of sp³-hybridized carbons (Fsp3) is 0.750. The van der Waals surface area contributed by atoms with Crippen LogP contribution in [0.15, 0.2) is 0 Å². The molecule has 0 saturated heterocycles. The van der Waals surface area contributed by atoms with Crippen LogP contribution in [-0.4, -0.2) is 39.2 Å². The molecule has 0 heterocycles. The van der Waals surface area contributed by atoms with Crippen LogP contribution in [-0.2, 0) is 0 Å². The van der Waals surface area contributed by atoms with Crippen molar-refractivity contribution < 1.29 is 0 Å². The summed E-state index contributed by atoms with van der Waals surface area (Å²) in [5.74, 6) is 0. The van der Waals surface area contributed by atoms with Crippen LogP contribution in [0.5, 0.6) is 0 Å². The van der Waals surface area contributed by atoms with Gasteiger partial charge < -0.3 is 13.1 Å². The van der Waals surface area contributed by atoms with Crippen LogP contribution in [0.1, 0.15) is 0 Å². The first-order valence-corrected chi connectivity index (χ1v) is 11.1. The normalized spacial score (nSPS) is 10.9. The summed E-state index contributed by atoms with van der Waals surface area (Å²) in [6.07, 6.45) is 0. The SMILES string of the molecule is [CH2-][Si](C)(C)C.[CH2-][Si](C)(C)C.[Mg+2]. The van der Waals surface area contributed by atoms with E-state index in [4.69, 9.17) is 0 Å². The fourth-order valence-electron chi connectivity index (χ4n) is 0. The Labute approximate surface area is 91.3 Å². The average molecular weight is 199 g/mol. The molecule has 0 nitrogen and oxygen atoms in total. The molecule has 3 heteroatoms. The van der Waals surface area contributed by atoms with Crippen molar-refractivity contribution in [2.75, 3.05) is 0 Å². The van der Waals surface area contributed by atoms with Crippen LogP contribution < -0.4 is 0 Å². The van der Waals surface area contributed by atoms with Crippen molar-refractivity contribution in [3.8, 4) is 0 Å². The van der Waals surface area contributed by atoms with Crippen molar-refractivity contribution in [1.29, 1.82) is 0 Å². The molecule has 0 bridgehead atoms. The van der Waals surface area contributed by atoms with Crippen molar-refractivity contribution in [2.45, 2.75) is 39.3 Å². The van der Waals surface area contributed by atoms with Gasteiger partial charge in [0, 0.05) is 0 Å². The van der Waals surface area contributed by atoms with Crippen molar-refractivity contribution in [2.24, 2.45) is 0 Å². The van der Waals surface area contributed by atoms with Gasteiger partial charge in [-0.15, -0.1) is 16.1 Å². The van der Waals surface area contributed by atoms with E-state index >= 15 is 0 Å². The molecule has 0 aliphatic carbocycles. The minimum absolute atomic E-state index is 0. The monoisotopic (exact) mass is 198 g/mol. The largest absolute Gasteiger partial charge is 2.00 e. The molecular weight excluding hydrogens is 177 g/mol. The summed E-state index contributed by atoms with van der Waals surface area (Å²) in [7, 11) is -1.72. The Hall–Kier alpha value is 1.20. The standard InChI is InChI=1S/2C4H11Si.Mg/c2*1-5(2,3)4;/h2*1H2,2-4H3;/q2*-1;+2. The van der Waals surface area contributed by atoms with Gasteiger partial charge in [-0.05, 0) is 0 Å². The Bertz CT molecular complexity index is 55.1. The maximum absolute atomic E-state index is 3.91. The number of hydrogen-bond acceptors (Lipinski definition) is 0. The first kappa shape index (κ1) is 18.1. The van der Waals surface area contributed by atoms with Crippen molar-refractivity contribution in [1.82, 2.24) is 0 Å². The van der Waals surface area contributed by atoms with Gasteiger partial charge in [-0.1, -0.05) is 39.3 Å². The first-order chi connectivity index (χ1) is 4.00. The predicted octanol–water partition coefficient (Wildman–Crippen LogP) is 3.01. The van der Waals surface area contributed by atoms with E-state index in [0.29, 0.717) is 0 Å². The van der Waals surface area contributed by atoms with Gasteiger partial charge in [0.25, 0.3) is 0 Å². The smallest absolute Gasteiger partial charge is 0.342 e. The Morgan fingerprint density at radius 1 is 0.636 bits per heavy atom. The maximum atomic E-state index is 3.91. The van der Waals surface area contributed by atoms with Gasteiger partial charge in [-0.25, -0.2) is 0 Å². The minimum Gasteiger partial charge on any atom is -0.342 e. The molecule has 0 atom stereocenters. The van der Waals surface area contributed by atoms with Crippen LogP contribution >= 0.6 is 0 Å². The zero-order valence-electron chi connectivity index (χ0n) is 9.12. The van der Waals surface area contributed by atoms with Crippen LogP contribution in [0.3, 0.4) is 0 Å². The molecule has 0 aromatic heterocycles. The molecule has 0 amide bonds. The summed E-state index contributed by atoms with van der Waals surface area (Å²) in [4.78, 5) is 0. The summed E-state index contributed by atoms with van der Waals surface area (Å²) in [5, 5.41) is 0. The predicted molar refractivity (Wildman–Crippen MR) is 63.2 cm³/mol. The van der Waals surface area contributed by atoms with E-state index in [-0.39, 0.29) is 23.1 Å². The van der Waals surface area contributed by atoms with Crippen LogP contribution in [0.25, 0.3) is 0 Å². The van der Waals surface area contributed by atoms with Crippen LogP contribution in [0.4, 0.5) is 0 Å². The van der Waals surface area contributed by atoms with Crippen molar-refractivity contribution in [3.63, 3.8) is 0 Å². The minimum atomic E-state index is -0.861. The Morgan fingerprint density at radius 2 is 0.636 bits per heavy atom. The van der Waals surface area contributed by atoms with E-state index in [1.54, 1.807) is 0 Å². The Balaban J connectivity index is -0.000000107. The Kier molecular flexibility index (Phi) is 11.0. The molecule has 0 aliphatic heterocycles. The van der Waals surface area contributed by atoms with E-state index in [0.717, 1.165) is 0 Å². The van der Waals surface area contributed by atoms with Crippen molar-refractivity contribution >= 4 is 39.2 Å². The molecule has 0 aliphatic rings. The van der Waals surface area contributed by atoms with E-state index in [9.17, 15) is 0 Å². The van der Waals surface area contributed by atoms with Gasteiger partial charge in [-0.3, -0.25) is 0 Å². The second-order valence-corrected chi connectivity index (χ2v) is 15.4. The maximum Gasteiger partial charge on any atom is 2.00 e. The van der Waals surface area contributed by atoms with Gasteiger partial charge in [0.15, 0.2) is 0 Å². The van der Waals surface area contributed by atoms with E-state index in [2.05, 4.69) is 52.4 Å². The molecule has 0 N–H and O–H groups in total. The molecule has 0 unspecified atom stereocenters. The third kappa shape index (κ3) is 658. The zero-order chi connectivity index (χ0) is 9.00. The van der Waals surface area contributed by atoms with Gasteiger partial charge in [0.2, 0.25) is 0 Å². The summed E-state index contributed by atoms with van der Waals surface area (Å²) >= 11 is 0. The molecule has 0 aromatic carbocycles. The van der Waals surface area contributed by atoms with Crippen LogP contribution in [0.2, 0.25) is 39.3 Å². The second-order valence-electron chi connectivity index (χ2n) is 5.12. The van der Waals surface area contributed by atoms with Gasteiger partial charge in [0.05, 0.1) is 0 Å². The van der Waals surface area contributed by atoms with E-state index in [1.165, 1.54) is 0 Å².